The smallest absolute Gasteiger partial charge is 0.338 e. The Labute approximate surface area is 126 Å². The van der Waals surface area contributed by atoms with Crippen LogP contribution < -0.4 is 0 Å². The summed E-state index contributed by atoms with van der Waals surface area (Å²) in [5.74, 6) is -3.04. The number of sulfonamides is 1. The van der Waals surface area contributed by atoms with E-state index in [9.17, 15) is 17.6 Å². The molecule has 0 spiro atoms. The topological polar surface area (TPSA) is 94.9 Å². The molecule has 1 rings (SSSR count). The summed E-state index contributed by atoms with van der Waals surface area (Å²) in [5.41, 5.74) is -0.844. The maximum Gasteiger partial charge on any atom is 0.338 e. The van der Waals surface area contributed by atoms with Gasteiger partial charge in [-0.2, -0.15) is 4.31 Å². The Morgan fingerprint density at radius 3 is 2.57 bits per heavy atom. The van der Waals surface area contributed by atoms with E-state index in [1.165, 1.54) is 6.08 Å². The minimum atomic E-state index is -4.36. The third-order valence-electron chi connectivity index (χ3n) is 2.53. The van der Waals surface area contributed by atoms with E-state index in [4.69, 9.17) is 21.8 Å². The molecule has 0 bridgehead atoms. The molecule has 0 aliphatic carbocycles. The fourth-order valence-electron chi connectivity index (χ4n) is 1.61. The Kier molecular flexibility index (Phi) is 5.85. The zero-order valence-corrected chi connectivity index (χ0v) is 12.4. The van der Waals surface area contributed by atoms with Crippen LogP contribution in [0.25, 0.3) is 0 Å². The standard InChI is InChI=1S/C12H13ClFNO5S/c1-2-3-15(4-5-16)21(19,20)10-7-8(13)6-9(11(10)14)12(17)18/h2,6-7,16H,1,3-5H2,(H,17,18). The van der Waals surface area contributed by atoms with Crippen molar-refractivity contribution >= 4 is 27.6 Å². The summed E-state index contributed by atoms with van der Waals surface area (Å²) in [6, 6.07) is 1.65. The van der Waals surface area contributed by atoms with Crippen LogP contribution in [0.4, 0.5) is 4.39 Å². The molecule has 0 fully saturated rings. The Morgan fingerprint density at radius 1 is 1.48 bits per heavy atom. The number of hydrogen-bond acceptors (Lipinski definition) is 4. The Balaban J connectivity index is 3.49. The van der Waals surface area contributed by atoms with Crippen LogP contribution in [0.3, 0.4) is 0 Å². The van der Waals surface area contributed by atoms with Crippen molar-refractivity contribution < 1.29 is 27.8 Å². The normalized spacial score (nSPS) is 11.6. The number of aromatic carboxylic acids is 1. The summed E-state index contributed by atoms with van der Waals surface area (Å²) in [6.45, 7) is 2.43. The molecule has 0 heterocycles. The molecule has 0 aromatic heterocycles. The van der Waals surface area contributed by atoms with E-state index in [0.717, 1.165) is 16.4 Å². The summed E-state index contributed by atoms with van der Waals surface area (Å²) in [7, 11) is -4.36. The second kappa shape index (κ2) is 6.99. The number of benzene rings is 1. The number of rotatable bonds is 7. The Bertz CT molecular complexity index is 662. The minimum absolute atomic E-state index is 0.169. The summed E-state index contributed by atoms with van der Waals surface area (Å²) < 4.78 is 39.5. The van der Waals surface area contributed by atoms with Gasteiger partial charge in [0, 0.05) is 18.1 Å². The molecule has 0 atom stereocenters. The summed E-state index contributed by atoms with van der Waals surface area (Å²) in [6.07, 6.45) is 1.26. The number of carbonyl (C=O) groups is 1. The SMILES string of the molecule is C=CCN(CCO)S(=O)(=O)c1cc(Cl)cc(C(=O)O)c1F. The predicted octanol–water partition coefficient (Wildman–Crippen LogP) is 1.35. The molecule has 0 saturated heterocycles. The molecule has 1 aromatic carbocycles. The summed E-state index contributed by atoms with van der Waals surface area (Å²) >= 11 is 5.65. The third-order valence-corrected chi connectivity index (χ3v) is 4.62. The van der Waals surface area contributed by atoms with E-state index in [1.54, 1.807) is 0 Å². The molecule has 6 nitrogen and oxygen atoms in total. The lowest BCUT2D eigenvalue weighted by atomic mass is 10.2. The van der Waals surface area contributed by atoms with Crippen LogP contribution in [-0.2, 0) is 10.0 Å². The number of nitrogens with zero attached hydrogens (tertiary/aromatic N) is 1. The number of aliphatic hydroxyl groups excluding tert-OH is 1. The first kappa shape index (κ1) is 17.6. The zero-order chi connectivity index (χ0) is 16.2. The van der Waals surface area contributed by atoms with Crippen LogP contribution in [0, 0.1) is 5.82 Å². The van der Waals surface area contributed by atoms with Crippen molar-refractivity contribution in [2.75, 3.05) is 19.7 Å². The number of halogens is 2. The Hall–Kier alpha value is -1.48. The first-order valence-corrected chi connectivity index (χ1v) is 7.51. The molecule has 1 aromatic rings. The van der Waals surface area contributed by atoms with Crippen LogP contribution in [0.2, 0.25) is 5.02 Å². The number of carboxylic acid groups (broad SMARTS) is 1. The van der Waals surface area contributed by atoms with Crippen LogP contribution in [0.1, 0.15) is 10.4 Å². The second-order valence-electron chi connectivity index (χ2n) is 3.95. The van der Waals surface area contributed by atoms with Gasteiger partial charge in [0.1, 0.15) is 4.90 Å². The van der Waals surface area contributed by atoms with Crippen LogP contribution in [0.5, 0.6) is 0 Å². The monoisotopic (exact) mass is 337 g/mol. The summed E-state index contributed by atoms with van der Waals surface area (Å²) in [5, 5.41) is 17.5. The number of hydrogen-bond donors (Lipinski definition) is 2. The van der Waals surface area contributed by atoms with Crippen molar-refractivity contribution in [2.45, 2.75) is 4.90 Å². The highest BCUT2D eigenvalue weighted by Crippen LogP contribution is 2.26. The van der Waals surface area contributed by atoms with E-state index >= 15 is 0 Å². The minimum Gasteiger partial charge on any atom is -0.478 e. The van der Waals surface area contributed by atoms with E-state index in [0.29, 0.717) is 0 Å². The first-order chi connectivity index (χ1) is 9.75. The lowest BCUT2D eigenvalue weighted by Gasteiger charge is -2.20. The van der Waals surface area contributed by atoms with Gasteiger partial charge in [0.25, 0.3) is 0 Å². The quantitative estimate of drug-likeness (QED) is 0.732. The molecule has 116 valence electrons. The molecule has 0 radical (unpaired) electrons. The van der Waals surface area contributed by atoms with Gasteiger partial charge >= 0.3 is 5.97 Å². The maximum atomic E-state index is 14.1. The molecule has 21 heavy (non-hydrogen) atoms. The van der Waals surface area contributed by atoms with Crippen molar-refractivity contribution in [1.82, 2.24) is 4.31 Å². The van der Waals surface area contributed by atoms with Gasteiger partial charge in [-0.05, 0) is 12.1 Å². The van der Waals surface area contributed by atoms with E-state index < -0.39 is 38.9 Å². The first-order valence-electron chi connectivity index (χ1n) is 5.70. The largest absolute Gasteiger partial charge is 0.478 e. The molecule has 0 amide bonds. The average Bonchev–Trinajstić information content (AvgIpc) is 2.40. The van der Waals surface area contributed by atoms with Gasteiger partial charge in [0.15, 0.2) is 5.82 Å². The Morgan fingerprint density at radius 2 is 2.10 bits per heavy atom. The van der Waals surface area contributed by atoms with Gasteiger partial charge in [-0.25, -0.2) is 17.6 Å². The molecular weight excluding hydrogens is 325 g/mol. The molecule has 2 N–H and O–H groups in total. The lowest BCUT2D eigenvalue weighted by molar-refractivity contribution is 0.0691. The van der Waals surface area contributed by atoms with Crippen molar-refractivity contribution in [3.63, 3.8) is 0 Å². The maximum absolute atomic E-state index is 14.1. The van der Waals surface area contributed by atoms with E-state index in [-0.39, 0.29) is 18.1 Å². The third kappa shape index (κ3) is 3.79. The molecule has 9 heteroatoms. The zero-order valence-electron chi connectivity index (χ0n) is 10.8. The predicted molar refractivity (Wildman–Crippen MR) is 74.4 cm³/mol. The van der Waals surface area contributed by atoms with Crippen molar-refractivity contribution in [3.05, 3.63) is 41.2 Å². The fourth-order valence-corrected chi connectivity index (χ4v) is 3.41. The second-order valence-corrected chi connectivity index (χ2v) is 6.29. The van der Waals surface area contributed by atoms with Gasteiger partial charge in [-0.1, -0.05) is 17.7 Å². The highest BCUT2D eigenvalue weighted by atomic mass is 35.5. The highest BCUT2D eigenvalue weighted by molar-refractivity contribution is 7.89. The average molecular weight is 338 g/mol. The molecule has 0 aliphatic rings. The fraction of sp³-hybridized carbons (Fsp3) is 0.250. The summed E-state index contributed by atoms with van der Waals surface area (Å²) in [4.78, 5) is 10.1. The van der Waals surface area contributed by atoms with Crippen molar-refractivity contribution in [1.29, 1.82) is 0 Å². The van der Waals surface area contributed by atoms with Gasteiger partial charge in [-0.15, -0.1) is 6.58 Å². The van der Waals surface area contributed by atoms with Crippen LogP contribution >= 0.6 is 11.6 Å². The molecule has 0 saturated carbocycles. The van der Waals surface area contributed by atoms with Crippen LogP contribution in [-0.4, -0.2) is 48.6 Å². The van der Waals surface area contributed by atoms with Gasteiger partial charge in [0.2, 0.25) is 10.0 Å². The van der Waals surface area contributed by atoms with Gasteiger partial charge in [-0.3, -0.25) is 0 Å². The molecule has 0 aliphatic heterocycles. The van der Waals surface area contributed by atoms with Crippen molar-refractivity contribution in [3.8, 4) is 0 Å². The molecule has 0 unspecified atom stereocenters. The highest BCUT2D eigenvalue weighted by Gasteiger charge is 2.29. The molecular formula is C12H13ClFNO5S. The van der Waals surface area contributed by atoms with Crippen molar-refractivity contribution in [2.24, 2.45) is 0 Å². The van der Waals surface area contributed by atoms with E-state index in [1.807, 2.05) is 0 Å². The van der Waals surface area contributed by atoms with Gasteiger partial charge < -0.3 is 10.2 Å². The number of carboxylic acids is 1. The van der Waals surface area contributed by atoms with Crippen LogP contribution in [0.15, 0.2) is 29.7 Å². The van der Waals surface area contributed by atoms with Gasteiger partial charge in [0.05, 0.1) is 12.2 Å². The number of aliphatic hydroxyl groups is 1. The lowest BCUT2D eigenvalue weighted by Crippen LogP contribution is -2.34. The van der Waals surface area contributed by atoms with E-state index in [2.05, 4.69) is 6.58 Å².